The van der Waals surface area contributed by atoms with Crippen LogP contribution in [0, 0.1) is 5.82 Å². The summed E-state index contributed by atoms with van der Waals surface area (Å²) in [5.41, 5.74) is -0.445. The molecule has 0 spiro atoms. The normalized spacial score (nSPS) is 10.5. The van der Waals surface area contributed by atoms with Crippen LogP contribution in [0.25, 0.3) is 0 Å². The highest BCUT2D eigenvalue weighted by molar-refractivity contribution is 5.96. The van der Waals surface area contributed by atoms with Crippen LogP contribution in [-0.4, -0.2) is 20.1 Å². The Bertz CT molecular complexity index is 615. The Balaban J connectivity index is 2.27. The van der Waals surface area contributed by atoms with Crippen molar-refractivity contribution in [2.75, 3.05) is 0 Å². The molecule has 0 aliphatic rings. The van der Waals surface area contributed by atoms with Crippen LogP contribution in [0.5, 0.6) is 0 Å². The van der Waals surface area contributed by atoms with E-state index in [1.807, 2.05) is 0 Å². The number of carbonyl (C=O) groups is 1. The van der Waals surface area contributed by atoms with E-state index in [-0.39, 0.29) is 12.1 Å². The van der Waals surface area contributed by atoms with E-state index in [1.54, 1.807) is 6.07 Å². The summed E-state index contributed by atoms with van der Waals surface area (Å²) in [5, 5.41) is 3.73. The second-order valence-electron chi connectivity index (χ2n) is 3.59. The number of ketones is 1. The van der Waals surface area contributed by atoms with E-state index in [1.165, 1.54) is 36.1 Å². The molecule has 0 bridgehead atoms. The number of hydrogen-bond acceptors (Lipinski definition) is 3. The molecule has 0 unspecified atom stereocenters. The monoisotopic (exact) mass is 235 g/mol. The zero-order chi connectivity index (χ0) is 12.4. The van der Waals surface area contributed by atoms with Gasteiger partial charge >= 0.3 is 5.69 Å². The highest BCUT2D eigenvalue weighted by Crippen LogP contribution is 2.07. The molecule has 0 amide bonds. The minimum absolute atomic E-state index is 0.0370. The molecule has 0 N–H and O–H groups in total. The second-order valence-corrected chi connectivity index (χ2v) is 3.59. The first-order chi connectivity index (χ1) is 8.09. The van der Waals surface area contributed by atoms with Gasteiger partial charge in [0.1, 0.15) is 18.7 Å². The first kappa shape index (κ1) is 11.3. The number of aromatic nitrogens is 3. The third-order valence-electron chi connectivity index (χ3n) is 2.35. The van der Waals surface area contributed by atoms with Gasteiger partial charge in [0.25, 0.3) is 0 Å². The average molecular weight is 235 g/mol. The van der Waals surface area contributed by atoms with Crippen molar-refractivity contribution >= 4 is 5.78 Å². The maximum atomic E-state index is 13.3. The molecule has 0 radical (unpaired) electrons. The number of hydrogen-bond donors (Lipinski definition) is 0. The fourth-order valence-corrected chi connectivity index (χ4v) is 1.44. The molecule has 0 saturated heterocycles. The topological polar surface area (TPSA) is 56.9 Å². The van der Waals surface area contributed by atoms with Gasteiger partial charge in [0.15, 0.2) is 5.78 Å². The first-order valence-electron chi connectivity index (χ1n) is 4.96. The molecule has 88 valence electrons. The van der Waals surface area contributed by atoms with Gasteiger partial charge in [-0.15, -0.1) is 0 Å². The van der Waals surface area contributed by atoms with E-state index in [2.05, 4.69) is 5.10 Å². The molecule has 0 aliphatic carbocycles. The molecule has 2 rings (SSSR count). The van der Waals surface area contributed by atoms with Gasteiger partial charge in [-0.05, 0) is 12.1 Å². The highest BCUT2D eigenvalue weighted by Gasteiger charge is 2.13. The minimum Gasteiger partial charge on any atom is -0.292 e. The predicted molar refractivity (Wildman–Crippen MR) is 58.2 cm³/mol. The zero-order valence-electron chi connectivity index (χ0n) is 9.13. The van der Waals surface area contributed by atoms with Gasteiger partial charge in [0, 0.05) is 7.05 Å². The Labute approximate surface area is 96.1 Å². The SMILES string of the molecule is Cn1cnn(CC(=O)c2ccccc2F)c1=O. The third-order valence-corrected chi connectivity index (χ3v) is 2.35. The molecule has 0 fully saturated rings. The number of carbonyl (C=O) groups excluding carboxylic acids is 1. The van der Waals surface area contributed by atoms with Crippen LogP contribution < -0.4 is 5.69 Å². The van der Waals surface area contributed by atoms with Crippen LogP contribution in [-0.2, 0) is 13.6 Å². The molecule has 1 aromatic carbocycles. The highest BCUT2D eigenvalue weighted by atomic mass is 19.1. The molecule has 0 saturated carbocycles. The standard InChI is InChI=1S/C11H10FN3O2/c1-14-7-13-15(11(14)17)6-10(16)8-4-2-3-5-9(8)12/h2-5,7H,6H2,1H3. The predicted octanol–water partition coefficient (Wildman–Crippen LogP) is 0.604. The van der Waals surface area contributed by atoms with Crippen LogP contribution >= 0.6 is 0 Å². The van der Waals surface area contributed by atoms with Gasteiger partial charge in [0.2, 0.25) is 0 Å². The molecule has 1 heterocycles. The van der Waals surface area contributed by atoms with Gasteiger partial charge in [-0.1, -0.05) is 12.1 Å². The Hall–Kier alpha value is -2.24. The van der Waals surface area contributed by atoms with Crippen molar-refractivity contribution < 1.29 is 9.18 Å². The smallest absolute Gasteiger partial charge is 0.292 e. The van der Waals surface area contributed by atoms with Crippen molar-refractivity contribution in [3.8, 4) is 0 Å². The average Bonchev–Trinajstić information content (AvgIpc) is 2.61. The van der Waals surface area contributed by atoms with Gasteiger partial charge in [-0.3, -0.25) is 9.36 Å². The summed E-state index contributed by atoms with van der Waals surface area (Å²) >= 11 is 0. The van der Waals surface area contributed by atoms with Crippen LogP contribution in [0.2, 0.25) is 0 Å². The number of benzene rings is 1. The summed E-state index contributed by atoms with van der Waals surface area (Å²) in [4.78, 5) is 23.2. The van der Waals surface area contributed by atoms with Gasteiger partial charge < -0.3 is 0 Å². The molecule has 6 heteroatoms. The summed E-state index contributed by atoms with van der Waals surface area (Å²) < 4.78 is 15.6. The van der Waals surface area contributed by atoms with E-state index < -0.39 is 17.3 Å². The van der Waals surface area contributed by atoms with Crippen LogP contribution in [0.4, 0.5) is 4.39 Å². The van der Waals surface area contributed by atoms with Crippen molar-refractivity contribution in [3.63, 3.8) is 0 Å². The van der Waals surface area contributed by atoms with Crippen molar-refractivity contribution in [1.29, 1.82) is 0 Å². The van der Waals surface area contributed by atoms with Crippen LogP contribution in [0.1, 0.15) is 10.4 Å². The molecule has 5 nitrogen and oxygen atoms in total. The maximum Gasteiger partial charge on any atom is 0.345 e. The largest absolute Gasteiger partial charge is 0.345 e. The lowest BCUT2D eigenvalue weighted by Crippen LogP contribution is -2.26. The summed E-state index contributed by atoms with van der Waals surface area (Å²) in [6.07, 6.45) is 1.30. The van der Waals surface area contributed by atoms with Crippen molar-refractivity contribution in [2.45, 2.75) is 6.54 Å². The Morgan fingerprint density at radius 2 is 2.12 bits per heavy atom. The van der Waals surface area contributed by atoms with E-state index in [9.17, 15) is 14.0 Å². The Morgan fingerprint density at radius 3 is 2.71 bits per heavy atom. The van der Waals surface area contributed by atoms with Crippen LogP contribution in [0.3, 0.4) is 0 Å². The molecule has 0 aliphatic heterocycles. The third kappa shape index (κ3) is 2.15. The second kappa shape index (κ2) is 4.32. The van der Waals surface area contributed by atoms with Crippen LogP contribution in [0.15, 0.2) is 35.4 Å². The zero-order valence-corrected chi connectivity index (χ0v) is 9.13. The number of nitrogens with zero attached hydrogens (tertiary/aromatic N) is 3. The molecule has 17 heavy (non-hydrogen) atoms. The Kier molecular flexibility index (Phi) is 2.86. The molecular weight excluding hydrogens is 225 g/mol. The Morgan fingerprint density at radius 1 is 1.41 bits per heavy atom. The van der Waals surface area contributed by atoms with E-state index in [0.717, 1.165) is 4.68 Å². The van der Waals surface area contributed by atoms with E-state index in [0.29, 0.717) is 0 Å². The number of Topliss-reactive ketones (excluding diaryl/α,β-unsaturated/α-hetero) is 1. The van der Waals surface area contributed by atoms with Gasteiger partial charge in [-0.25, -0.2) is 13.9 Å². The molecule has 1 aromatic heterocycles. The van der Waals surface area contributed by atoms with E-state index in [4.69, 9.17) is 0 Å². The number of halogens is 1. The minimum atomic E-state index is -0.596. The lowest BCUT2D eigenvalue weighted by atomic mass is 10.1. The summed E-state index contributed by atoms with van der Waals surface area (Å²) in [6.45, 7) is -0.263. The molecule has 0 atom stereocenters. The fourth-order valence-electron chi connectivity index (χ4n) is 1.44. The van der Waals surface area contributed by atoms with Gasteiger partial charge in [0.05, 0.1) is 5.56 Å². The number of rotatable bonds is 3. The van der Waals surface area contributed by atoms with Crippen molar-refractivity contribution in [3.05, 3.63) is 52.5 Å². The van der Waals surface area contributed by atoms with E-state index >= 15 is 0 Å². The summed E-state index contributed by atoms with van der Waals surface area (Å²) in [6, 6.07) is 5.65. The lowest BCUT2D eigenvalue weighted by Gasteiger charge is -2.01. The molecular formula is C11H10FN3O2. The van der Waals surface area contributed by atoms with Crippen molar-refractivity contribution in [2.24, 2.45) is 7.05 Å². The summed E-state index contributed by atoms with van der Waals surface area (Å²) in [7, 11) is 1.53. The first-order valence-corrected chi connectivity index (χ1v) is 4.96. The quantitative estimate of drug-likeness (QED) is 0.732. The molecule has 2 aromatic rings. The fraction of sp³-hybridized carbons (Fsp3) is 0.182. The maximum absolute atomic E-state index is 13.3. The summed E-state index contributed by atoms with van der Waals surface area (Å²) in [5.74, 6) is -1.08. The number of aryl methyl sites for hydroxylation is 1. The lowest BCUT2D eigenvalue weighted by molar-refractivity contribution is 0.0962. The van der Waals surface area contributed by atoms with Gasteiger partial charge in [-0.2, -0.15) is 5.10 Å². The van der Waals surface area contributed by atoms with Crippen molar-refractivity contribution in [1.82, 2.24) is 14.3 Å².